The first-order valence-electron chi connectivity index (χ1n) is 5.90. The zero-order chi connectivity index (χ0) is 14.8. The van der Waals surface area contributed by atoms with Crippen LogP contribution in [0, 0.1) is 0 Å². The van der Waals surface area contributed by atoms with Gasteiger partial charge in [-0.2, -0.15) is 0 Å². The number of anilines is 1. The van der Waals surface area contributed by atoms with Crippen molar-refractivity contribution in [2.24, 2.45) is 0 Å². The molecule has 2 heterocycles. The molecule has 0 saturated heterocycles. The van der Waals surface area contributed by atoms with Crippen LogP contribution in [-0.2, 0) is 0 Å². The molecule has 0 aliphatic carbocycles. The van der Waals surface area contributed by atoms with E-state index in [4.69, 9.17) is 0 Å². The molecule has 1 N–H and O–H groups in total. The van der Waals surface area contributed by atoms with E-state index in [-0.39, 0.29) is 5.91 Å². The van der Waals surface area contributed by atoms with E-state index >= 15 is 0 Å². The number of aromatic nitrogens is 1. The fourth-order valence-electron chi connectivity index (χ4n) is 1.70. The van der Waals surface area contributed by atoms with Crippen molar-refractivity contribution in [3.8, 4) is 10.6 Å². The third-order valence-electron chi connectivity index (χ3n) is 2.64. The van der Waals surface area contributed by atoms with Gasteiger partial charge < -0.3 is 0 Å². The lowest BCUT2D eigenvalue weighted by atomic mass is 10.2. The molecule has 0 unspecified atom stereocenters. The number of nitrogens with zero attached hydrogens (tertiary/aromatic N) is 1. The number of carbonyl (C=O) groups is 1. The Morgan fingerprint density at radius 2 is 2.05 bits per heavy atom. The predicted octanol–water partition coefficient (Wildman–Crippen LogP) is 5.65. The van der Waals surface area contributed by atoms with E-state index in [2.05, 4.69) is 42.2 Å². The number of amides is 1. The minimum Gasteiger partial charge on any atom is -0.298 e. The van der Waals surface area contributed by atoms with Crippen molar-refractivity contribution in [2.45, 2.75) is 0 Å². The molecule has 3 rings (SSSR count). The standard InChI is InChI=1S/C14H8Br2N2OS2/c15-9-3-1-2-8(6-9)13(19)18-14-17-10(7-20-14)11-4-5-12(16)21-11/h1-7H,(H,17,18,19). The molecule has 7 heteroatoms. The number of carbonyl (C=O) groups excluding carboxylic acids is 1. The van der Waals surface area contributed by atoms with Crippen molar-refractivity contribution < 1.29 is 4.79 Å². The van der Waals surface area contributed by atoms with E-state index in [9.17, 15) is 4.79 Å². The smallest absolute Gasteiger partial charge is 0.257 e. The summed E-state index contributed by atoms with van der Waals surface area (Å²) in [6.45, 7) is 0. The third kappa shape index (κ3) is 3.60. The number of hydrogen-bond donors (Lipinski definition) is 1. The van der Waals surface area contributed by atoms with E-state index < -0.39 is 0 Å². The van der Waals surface area contributed by atoms with Gasteiger partial charge in [-0.3, -0.25) is 10.1 Å². The molecule has 3 nitrogen and oxygen atoms in total. The summed E-state index contributed by atoms with van der Waals surface area (Å²) in [5.74, 6) is -0.162. The number of rotatable bonds is 3. The topological polar surface area (TPSA) is 42.0 Å². The highest BCUT2D eigenvalue weighted by Gasteiger charge is 2.11. The molecule has 0 atom stereocenters. The second-order valence-corrected chi connectivity index (χ2v) is 8.34. The molecule has 0 saturated carbocycles. The lowest BCUT2D eigenvalue weighted by molar-refractivity contribution is 0.102. The minimum absolute atomic E-state index is 0.162. The lowest BCUT2D eigenvalue weighted by Crippen LogP contribution is -2.11. The van der Waals surface area contributed by atoms with Gasteiger partial charge in [0.2, 0.25) is 0 Å². The Hall–Kier alpha value is -1.02. The zero-order valence-corrected chi connectivity index (χ0v) is 15.3. The van der Waals surface area contributed by atoms with Crippen LogP contribution in [0.3, 0.4) is 0 Å². The number of hydrogen-bond acceptors (Lipinski definition) is 4. The Labute approximate surface area is 146 Å². The summed E-state index contributed by atoms with van der Waals surface area (Å²) in [6.07, 6.45) is 0. The van der Waals surface area contributed by atoms with E-state index in [1.807, 2.05) is 29.6 Å². The number of thiophene rings is 1. The summed E-state index contributed by atoms with van der Waals surface area (Å²) < 4.78 is 1.93. The van der Waals surface area contributed by atoms with Crippen molar-refractivity contribution >= 4 is 65.6 Å². The SMILES string of the molecule is O=C(Nc1nc(-c2ccc(Br)s2)cs1)c1cccc(Br)c1. The predicted molar refractivity (Wildman–Crippen MR) is 95.2 cm³/mol. The van der Waals surface area contributed by atoms with Crippen molar-refractivity contribution in [3.63, 3.8) is 0 Å². The molecule has 0 radical (unpaired) electrons. The molecule has 0 aliphatic heterocycles. The van der Waals surface area contributed by atoms with Crippen molar-refractivity contribution in [3.05, 3.63) is 55.6 Å². The number of benzene rings is 1. The van der Waals surface area contributed by atoms with E-state index in [1.54, 1.807) is 23.5 Å². The summed E-state index contributed by atoms with van der Waals surface area (Å²) >= 11 is 9.82. The van der Waals surface area contributed by atoms with Gasteiger partial charge in [0.05, 0.1) is 14.4 Å². The Morgan fingerprint density at radius 3 is 2.76 bits per heavy atom. The lowest BCUT2D eigenvalue weighted by Gasteiger charge is -2.01. The van der Waals surface area contributed by atoms with Gasteiger partial charge in [-0.15, -0.1) is 22.7 Å². The summed E-state index contributed by atoms with van der Waals surface area (Å²) in [5, 5.41) is 5.36. The van der Waals surface area contributed by atoms with Gasteiger partial charge in [0.1, 0.15) is 0 Å². The summed E-state index contributed by atoms with van der Waals surface area (Å²) in [6, 6.07) is 11.2. The van der Waals surface area contributed by atoms with Gasteiger partial charge in [0.15, 0.2) is 5.13 Å². The van der Waals surface area contributed by atoms with Crippen LogP contribution in [0.4, 0.5) is 5.13 Å². The van der Waals surface area contributed by atoms with Crippen LogP contribution < -0.4 is 5.32 Å². The highest BCUT2D eigenvalue weighted by molar-refractivity contribution is 9.11. The molecule has 0 bridgehead atoms. The van der Waals surface area contributed by atoms with Gasteiger partial charge in [0, 0.05) is 15.4 Å². The summed E-state index contributed by atoms with van der Waals surface area (Å²) in [5.41, 5.74) is 1.47. The average molecular weight is 444 g/mol. The monoisotopic (exact) mass is 442 g/mol. The average Bonchev–Trinajstić information content (AvgIpc) is 3.07. The van der Waals surface area contributed by atoms with Crippen LogP contribution >= 0.6 is 54.5 Å². The molecule has 106 valence electrons. The van der Waals surface area contributed by atoms with E-state index in [0.29, 0.717) is 10.7 Å². The fourth-order valence-corrected chi connectivity index (χ4v) is 4.22. The first-order chi connectivity index (χ1) is 10.1. The quantitative estimate of drug-likeness (QED) is 0.568. The largest absolute Gasteiger partial charge is 0.298 e. The Kier molecular flexibility index (Phi) is 4.54. The molecular formula is C14H8Br2N2OS2. The number of thiazole rings is 1. The van der Waals surface area contributed by atoms with Crippen molar-refractivity contribution in [2.75, 3.05) is 5.32 Å². The van der Waals surface area contributed by atoms with Gasteiger partial charge in [-0.1, -0.05) is 22.0 Å². The summed E-state index contributed by atoms with van der Waals surface area (Å²) in [7, 11) is 0. The Bertz CT molecular complexity index is 798. The van der Waals surface area contributed by atoms with Gasteiger partial charge in [-0.05, 0) is 46.3 Å². The van der Waals surface area contributed by atoms with Crippen LogP contribution in [0.15, 0.2) is 50.0 Å². The van der Waals surface area contributed by atoms with Crippen LogP contribution in [0.1, 0.15) is 10.4 Å². The molecule has 0 spiro atoms. The minimum atomic E-state index is -0.162. The Morgan fingerprint density at radius 1 is 1.19 bits per heavy atom. The van der Waals surface area contributed by atoms with Gasteiger partial charge in [-0.25, -0.2) is 4.98 Å². The molecule has 2 aromatic heterocycles. The van der Waals surface area contributed by atoms with Crippen LogP contribution in [0.25, 0.3) is 10.6 Å². The second kappa shape index (κ2) is 6.39. The highest BCUT2D eigenvalue weighted by atomic mass is 79.9. The zero-order valence-electron chi connectivity index (χ0n) is 10.5. The molecular weight excluding hydrogens is 436 g/mol. The molecule has 0 aliphatic rings. The molecule has 0 fully saturated rings. The molecule has 3 aromatic rings. The maximum atomic E-state index is 12.1. The van der Waals surface area contributed by atoms with Crippen molar-refractivity contribution in [1.82, 2.24) is 4.98 Å². The third-order valence-corrected chi connectivity index (χ3v) is 5.53. The van der Waals surface area contributed by atoms with Crippen LogP contribution in [0.2, 0.25) is 0 Å². The van der Waals surface area contributed by atoms with E-state index in [1.165, 1.54) is 11.3 Å². The first-order valence-corrected chi connectivity index (χ1v) is 9.18. The fraction of sp³-hybridized carbons (Fsp3) is 0. The maximum absolute atomic E-state index is 12.1. The van der Waals surface area contributed by atoms with E-state index in [0.717, 1.165) is 18.8 Å². The molecule has 1 aromatic carbocycles. The van der Waals surface area contributed by atoms with Crippen LogP contribution in [0.5, 0.6) is 0 Å². The Balaban J connectivity index is 1.77. The van der Waals surface area contributed by atoms with Gasteiger partial charge in [0.25, 0.3) is 5.91 Å². The molecule has 21 heavy (non-hydrogen) atoms. The van der Waals surface area contributed by atoms with Crippen molar-refractivity contribution in [1.29, 1.82) is 0 Å². The maximum Gasteiger partial charge on any atom is 0.257 e. The van der Waals surface area contributed by atoms with Gasteiger partial charge >= 0.3 is 0 Å². The highest BCUT2D eigenvalue weighted by Crippen LogP contribution is 2.33. The summed E-state index contributed by atoms with van der Waals surface area (Å²) in [4.78, 5) is 17.7. The normalized spacial score (nSPS) is 10.6. The molecule has 1 amide bonds. The first kappa shape index (κ1) is 14.9. The van der Waals surface area contributed by atoms with Crippen LogP contribution in [-0.4, -0.2) is 10.9 Å². The number of nitrogens with one attached hydrogen (secondary N) is 1. The number of halogens is 2. The second-order valence-electron chi connectivity index (χ2n) is 4.11.